The van der Waals surface area contributed by atoms with Crippen molar-refractivity contribution in [3.05, 3.63) is 53.5 Å². The summed E-state index contributed by atoms with van der Waals surface area (Å²) in [6.45, 7) is 19.5. The molecule has 34 heavy (non-hydrogen) atoms. The number of nitrogens with one attached hydrogen (secondary N) is 1. The summed E-state index contributed by atoms with van der Waals surface area (Å²) < 4.78 is 1.96. The van der Waals surface area contributed by atoms with Gasteiger partial charge in [0, 0.05) is 68.2 Å². The third-order valence-electron chi connectivity index (χ3n) is 8.05. The second-order valence-electron chi connectivity index (χ2n) is 10.9. The molecule has 0 amide bonds. The maximum absolute atomic E-state index is 4.79. The summed E-state index contributed by atoms with van der Waals surface area (Å²) in [5, 5.41) is 8.06. The fourth-order valence-corrected chi connectivity index (χ4v) is 6.11. The van der Waals surface area contributed by atoms with Crippen LogP contribution in [0.3, 0.4) is 0 Å². The van der Waals surface area contributed by atoms with E-state index in [1.807, 2.05) is 11.7 Å². The highest BCUT2D eigenvalue weighted by atomic mass is 15.3. The van der Waals surface area contributed by atoms with E-state index in [1.165, 1.54) is 54.6 Å². The van der Waals surface area contributed by atoms with Crippen molar-refractivity contribution in [1.82, 2.24) is 24.9 Å². The summed E-state index contributed by atoms with van der Waals surface area (Å²) in [7, 11) is 2.03. The predicted octanol–water partition coefficient (Wildman–Crippen LogP) is 4.70. The summed E-state index contributed by atoms with van der Waals surface area (Å²) in [4.78, 5) is 10.0. The number of aromatic nitrogens is 2. The highest BCUT2D eigenvalue weighted by Gasteiger charge is 2.51. The van der Waals surface area contributed by atoms with Crippen molar-refractivity contribution in [1.29, 1.82) is 0 Å². The van der Waals surface area contributed by atoms with Crippen LogP contribution in [0.4, 0.5) is 0 Å². The SMILES string of the molecule is C=CN=C(C(/C=C(\C)CC)=C(C)C)N1CCC2(C1)CN(C(c1cnn(C)c1)C1CCNCC1)C2. The van der Waals surface area contributed by atoms with Gasteiger partial charge in [0.25, 0.3) is 0 Å². The Hall–Kier alpha value is -2.18. The van der Waals surface area contributed by atoms with Crippen LogP contribution in [0.25, 0.3) is 0 Å². The van der Waals surface area contributed by atoms with E-state index in [4.69, 9.17) is 4.99 Å². The largest absolute Gasteiger partial charge is 0.355 e. The van der Waals surface area contributed by atoms with Gasteiger partial charge in [-0.2, -0.15) is 5.10 Å². The van der Waals surface area contributed by atoms with Crippen molar-refractivity contribution in [2.45, 2.75) is 59.4 Å². The summed E-state index contributed by atoms with van der Waals surface area (Å²) in [6.07, 6.45) is 13.2. The highest BCUT2D eigenvalue weighted by Crippen LogP contribution is 2.47. The summed E-state index contributed by atoms with van der Waals surface area (Å²) in [6, 6.07) is 0.486. The number of amidine groups is 1. The number of likely N-dealkylation sites (tertiary alicyclic amines) is 2. The molecule has 3 saturated heterocycles. The third kappa shape index (κ3) is 5.23. The van der Waals surface area contributed by atoms with E-state index >= 15 is 0 Å². The van der Waals surface area contributed by atoms with E-state index in [9.17, 15) is 0 Å². The molecule has 1 atom stereocenters. The Morgan fingerprint density at radius 3 is 2.59 bits per heavy atom. The lowest BCUT2D eigenvalue weighted by Crippen LogP contribution is -2.60. The number of hydrogen-bond acceptors (Lipinski definition) is 4. The molecule has 6 heteroatoms. The molecule has 6 nitrogen and oxygen atoms in total. The molecule has 3 aliphatic rings. The van der Waals surface area contributed by atoms with Crippen LogP contribution in [-0.2, 0) is 7.05 Å². The number of piperidine rings is 1. The summed E-state index contributed by atoms with van der Waals surface area (Å²) in [5.74, 6) is 1.80. The Kier molecular flexibility index (Phi) is 7.78. The second-order valence-corrected chi connectivity index (χ2v) is 10.9. The normalized spacial score (nSPS) is 22.7. The van der Waals surface area contributed by atoms with Gasteiger partial charge in [-0.1, -0.05) is 30.7 Å². The van der Waals surface area contributed by atoms with E-state index in [-0.39, 0.29) is 0 Å². The first-order valence-electron chi connectivity index (χ1n) is 13.1. The molecule has 1 spiro atoms. The van der Waals surface area contributed by atoms with Gasteiger partial charge in [-0.3, -0.25) is 9.58 Å². The molecule has 1 aromatic rings. The van der Waals surface area contributed by atoms with E-state index < -0.39 is 0 Å². The smallest absolute Gasteiger partial charge is 0.135 e. The first-order valence-corrected chi connectivity index (χ1v) is 13.1. The molecule has 3 fully saturated rings. The lowest BCUT2D eigenvalue weighted by atomic mass is 9.75. The number of aryl methyl sites for hydroxylation is 1. The first kappa shape index (κ1) is 24.9. The van der Waals surface area contributed by atoms with Crippen LogP contribution in [0.1, 0.15) is 65.0 Å². The molecule has 1 N–H and O–H groups in total. The zero-order valence-corrected chi connectivity index (χ0v) is 22.0. The molecule has 0 aliphatic carbocycles. The van der Waals surface area contributed by atoms with Crippen molar-refractivity contribution in [2.24, 2.45) is 23.4 Å². The van der Waals surface area contributed by atoms with Crippen molar-refractivity contribution in [3.8, 4) is 0 Å². The van der Waals surface area contributed by atoms with Crippen LogP contribution in [0, 0.1) is 11.3 Å². The Bertz CT molecular complexity index is 951. The maximum atomic E-state index is 4.79. The van der Waals surface area contributed by atoms with Crippen molar-refractivity contribution >= 4 is 5.84 Å². The molecule has 4 heterocycles. The lowest BCUT2D eigenvalue weighted by Gasteiger charge is -2.53. The Morgan fingerprint density at radius 2 is 2.00 bits per heavy atom. The van der Waals surface area contributed by atoms with Gasteiger partial charge < -0.3 is 10.2 Å². The van der Waals surface area contributed by atoms with Gasteiger partial charge in [0.1, 0.15) is 5.84 Å². The van der Waals surface area contributed by atoms with E-state index in [0.717, 1.165) is 38.4 Å². The fourth-order valence-electron chi connectivity index (χ4n) is 6.11. The molecule has 3 aliphatic heterocycles. The van der Waals surface area contributed by atoms with Crippen LogP contribution in [-0.4, -0.2) is 64.7 Å². The Labute approximate surface area is 206 Å². The number of hydrogen-bond donors (Lipinski definition) is 1. The van der Waals surface area contributed by atoms with Crippen LogP contribution in [0.5, 0.6) is 0 Å². The van der Waals surface area contributed by atoms with Gasteiger partial charge in [-0.25, -0.2) is 4.99 Å². The zero-order valence-electron chi connectivity index (χ0n) is 22.0. The minimum absolute atomic E-state index is 0.367. The van der Waals surface area contributed by atoms with Crippen molar-refractivity contribution in [2.75, 3.05) is 39.3 Å². The molecule has 1 aromatic heterocycles. The Balaban J connectivity index is 1.50. The van der Waals surface area contributed by atoms with Crippen molar-refractivity contribution in [3.63, 3.8) is 0 Å². The average Bonchev–Trinajstić information content (AvgIpc) is 3.43. The molecule has 0 saturated carbocycles. The Morgan fingerprint density at radius 1 is 1.26 bits per heavy atom. The molecule has 0 radical (unpaired) electrons. The second kappa shape index (κ2) is 10.6. The van der Waals surface area contributed by atoms with Crippen LogP contribution < -0.4 is 5.32 Å². The monoisotopic (exact) mass is 464 g/mol. The first-order chi connectivity index (χ1) is 16.4. The van der Waals surface area contributed by atoms with E-state index in [1.54, 1.807) is 6.20 Å². The van der Waals surface area contributed by atoms with Gasteiger partial charge in [-0.05, 0) is 65.5 Å². The molecular weight excluding hydrogens is 420 g/mol. The van der Waals surface area contributed by atoms with E-state index in [2.05, 4.69) is 73.0 Å². The molecule has 0 aromatic carbocycles. The average molecular weight is 465 g/mol. The predicted molar refractivity (Wildman–Crippen MR) is 142 cm³/mol. The topological polar surface area (TPSA) is 48.7 Å². The van der Waals surface area contributed by atoms with Gasteiger partial charge >= 0.3 is 0 Å². The fraction of sp³-hybridized carbons (Fsp3) is 0.643. The van der Waals surface area contributed by atoms with Crippen LogP contribution in [0.15, 0.2) is 53.0 Å². The minimum Gasteiger partial charge on any atom is -0.355 e. The quantitative estimate of drug-likeness (QED) is 0.361. The molecule has 1 unspecified atom stereocenters. The highest BCUT2D eigenvalue weighted by molar-refractivity contribution is 6.02. The number of nitrogens with zero attached hydrogens (tertiary/aromatic N) is 5. The van der Waals surface area contributed by atoms with Crippen LogP contribution >= 0.6 is 0 Å². The van der Waals surface area contributed by atoms with Gasteiger partial charge in [0.15, 0.2) is 0 Å². The lowest BCUT2D eigenvalue weighted by molar-refractivity contribution is -0.0452. The molecule has 0 bridgehead atoms. The van der Waals surface area contributed by atoms with Gasteiger partial charge in [-0.15, -0.1) is 0 Å². The van der Waals surface area contributed by atoms with Gasteiger partial charge in [0.2, 0.25) is 0 Å². The van der Waals surface area contributed by atoms with Crippen LogP contribution in [0.2, 0.25) is 0 Å². The number of allylic oxidation sites excluding steroid dienone is 2. The minimum atomic E-state index is 0.367. The third-order valence-corrected chi connectivity index (χ3v) is 8.05. The van der Waals surface area contributed by atoms with Crippen molar-refractivity contribution < 1.29 is 0 Å². The number of aliphatic imine (C=N–C) groups is 1. The summed E-state index contributed by atoms with van der Waals surface area (Å²) >= 11 is 0. The molecule has 186 valence electrons. The zero-order chi connectivity index (χ0) is 24.3. The molecular formula is C28H44N6. The number of rotatable bonds is 7. The molecule has 4 rings (SSSR count). The standard InChI is InChI=1S/C28H44N6/c1-7-22(5)15-25(21(3)4)27(30-8-2)33-14-11-28(18-33)19-34(20-28)26(23-9-12-29-13-10-23)24-16-31-32(6)17-24/h8,15-17,23,26,29H,2,7,9-14,18-20H2,1,3-6H3/b22-15+,30-27?. The maximum Gasteiger partial charge on any atom is 0.135 e. The van der Waals surface area contributed by atoms with E-state index in [0.29, 0.717) is 17.4 Å². The summed E-state index contributed by atoms with van der Waals surface area (Å²) in [5.41, 5.74) is 5.71. The van der Waals surface area contributed by atoms with Gasteiger partial charge in [0.05, 0.1) is 6.20 Å².